The summed E-state index contributed by atoms with van der Waals surface area (Å²) in [5.41, 5.74) is 0. The van der Waals surface area contributed by atoms with E-state index in [1.54, 1.807) is 0 Å². The number of carbonyl (C=O) groups is 1. The van der Waals surface area contributed by atoms with E-state index in [1.165, 1.54) is 0 Å². The highest BCUT2D eigenvalue weighted by Gasteiger charge is 2.03. The fourth-order valence-electron chi connectivity index (χ4n) is 0.708. The Balaban J connectivity index is 3.28. The second-order valence-corrected chi connectivity index (χ2v) is 3.29. The molecular formula is C7H14O4S. The van der Waals surface area contributed by atoms with Gasteiger partial charge in [-0.3, -0.25) is 4.79 Å². The predicted octanol–water partition coefficient (Wildman–Crippen LogP) is 1.29. The Hall–Kier alpha value is -0.420. The molecule has 1 unspecified atom stereocenters. The van der Waals surface area contributed by atoms with Gasteiger partial charge < -0.3 is 9.29 Å². The molecule has 4 nitrogen and oxygen atoms in total. The molecule has 0 rings (SSSR count). The van der Waals surface area contributed by atoms with Crippen molar-refractivity contribution in [3.05, 3.63) is 0 Å². The fourth-order valence-corrected chi connectivity index (χ4v) is 0.940. The molecule has 0 spiro atoms. The van der Waals surface area contributed by atoms with Crippen molar-refractivity contribution in [3.63, 3.8) is 0 Å². The van der Waals surface area contributed by atoms with Crippen LogP contribution in [0.25, 0.3) is 0 Å². The summed E-state index contributed by atoms with van der Waals surface area (Å²) in [6, 6.07) is 0. The number of rotatable bonds is 6. The Morgan fingerprint density at radius 2 is 2.17 bits per heavy atom. The number of carbonyl (C=O) groups excluding carboxylic acids is 1. The van der Waals surface area contributed by atoms with Crippen molar-refractivity contribution in [2.75, 3.05) is 5.94 Å². The van der Waals surface area contributed by atoms with Crippen LogP contribution in [0.15, 0.2) is 0 Å². The molecule has 0 aromatic rings. The fraction of sp³-hybridized carbons (Fsp3) is 0.857. The third-order valence-corrected chi connectivity index (χ3v) is 1.62. The summed E-state index contributed by atoms with van der Waals surface area (Å²) in [6.45, 7) is 2.04. The van der Waals surface area contributed by atoms with Crippen LogP contribution in [0.4, 0.5) is 0 Å². The van der Waals surface area contributed by atoms with Crippen LogP contribution in [-0.2, 0) is 20.6 Å². The van der Waals surface area contributed by atoms with Crippen LogP contribution in [0.1, 0.15) is 32.6 Å². The molecule has 0 aliphatic rings. The highest BCUT2D eigenvalue weighted by Crippen LogP contribution is 2.00. The van der Waals surface area contributed by atoms with Crippen molar-refractivity contribution >= 4 is 17.0 Å². The first kappa shape index (κ1) is 11.6. The van der Waals surface area contributed by atoms with E-state index in [0.717, 1.165) is 19.3 Å². The van der Waals surface area contributed by atoms with E-state index in [4.69, 9.17) is 4.55 Å². The van der Waals surface area contributed by atoms with Crippen LogP contribution >= 0.6 is 0 Å². The third-order valence-electron chi connectivity index (χ3n) is 1.31. The molecular weight excluding hydrogens is 180 g/mol. The van der Waals surface area contributed by atoms with E-state index in [1.807, 2.05) is 6.92 Å². The highest BCUT2D eigenvalue weighted by molar-refractivity contribution is 7.79. The largest absolute Gasteiger partial charge is 0.449 e. The summed E-state index contributed by atoms with van der Waals surface area (Å²) < 4.78 is 22.8. The molecule has 0 heterocycles. The quantitative estimate of drug-likeness (QED) is 0.393. The molecule has 5 heteroatoms. The zero-order valence-corrected chi connectivity index (χ0v) is 7.93. The standard InChI is InChI=1S/C7H14O4S/c1-2-3-4-5-7(8)11-6-12(9)10/h2-6H2,1H3,(H,9,10). The number of unbranched alkanes of at least 4 members (excludes halogenated alkanes) is 2. The Bertz CT molecular complexity index is 157. The average molecular weight is 194 g/mol. The number of esters is 1. The molecule has 0 aromatic carbocycles. The van der Waals surface area contributed by atoms with Gasteiger partial charge in [0.2, 0.25) is 0 Å². The molecule has 0 bridgehead atoms. The first-order valence-electron chi connectivity index (χ1n) is 3.90. The van der Waals surface area contributed by atoms with E-state index in [9.17, 15) is 9.00 Å². The average Bonchev–Trinajstić information content (AvgIpc) is 2.01. The monoisotopic (exact) mass is 194 g/mol. The Morgan fingerprint density at radius 3 is 2.67 bits per heavy atom. The third kappa shape index (κ3) is 7.68. The minimum Gasteiger partial charge on any atom is -0.449 e. The summed E-state index contributed by atoms with van der Waals surface area (Å²) in [5, 5.41) is 0. The lowest BCUT2D eigenvalue weighted by Gasteiger charge is -2.00. The van der Waals surface area contributed by atoms with Gasteiger partial charge in [0.05, 0.1) is 0 Å². The zero-order chi connectivity index (χ0) is 9.40. The van der Waals surface area contributed by atoms with Gasteiger partial charge in [-0.25, -0.2) is 4.21 Å². The normalized spacial score (nSPS) is 12.5. The summed E-state index contributed by atoms with van der Waals surface area (Å²) in [7, 11) is 0. The van der Waals surface area contributed by atoms with Crippen LogP contribution in [0.3, 0.4) is 0 Å². The first-order chi connectivity index (χ1) is 5.66. The van der Waals surface area contributed by atoms with E-state index < -0.39 is 23.0 Å². The van der Waals surface area contributed by atoms with E-state index in [2.05, 4.69) is 4.74 Å². The van der Waals surface area contributed by atoms with Crippen molar-refractivity contribution in [1.29, 1.82) is 0 Å². The lowest BCUT2D eigenvalue weighted by atomic mass is 10.2. The summed E-state index contributed by atoms with van der Waals surface area (Å²) in [6.07, 6.45) is 3.15. The Kier molecular flexibility index (Phi) is 6.99. The molecule has 0 saturated carbocycles. The molecule has 0 aromatic heterocycles. The van der Waals surface area contributed by atoms with Gasteiger partial charge in [0.1, 0.15) is 0 Å². The zero-order valence-electron chi connectivity index (χ0n) is 7.12. The van der Waals surface area contributed by atoms with Gasteiger partial charge in [-0.15, -0.1) is 0 Å². The van der Waals surface area contributed by atoms with Gasteiger partial charge in [-0.1, -0.05) is 19.8 Å². The molecule has 0 aliphatic heterocycles. The van der Waals surface area contributed by atoms with Crippen molar-refractivity contribution in [2.45, 2.75) is 32.6 Å². The molecule has 0 amide bonds. The molecule has 0 fully saturated rings. The lowest BCUT2D eigenvalue weighted by Crippen LogP contribution is -2.08. The van der Waals surface area contributed by atoms with Crippen LogP contribution < -0.4 is 0 Å². The minimum atomic E-state index is -2.04. The molecule has 0 radical (unpaired) electrons. The SMILES string of the molecule is CCCCCC(=O)OCS(=O)O. The summed E-state index contributed by atoms with van der Waals surface area (Å²) in [5.74, 6) is -0.809. The van der Waals surface area contributed by atoms with Crippen LogP contribution in [0, 0.1) is 0 Å². The van der Waals surface area contributed by atoms with Gasteiger partial charge >= 0.3 is 5.97 Å². The van der Waals surface area contributed by atoms with Gasteiger partial charge in [-0.05, 0) is 6.42 Å². The van der Waals surface area contributed by atoms with Gasteiger partial charge in [-0.2, -0.15) is 0 Å². The topological polar surface area (TPSA) is 63.6 Å². The first-order valence-corrected chi connectivity index (χ1v) is 5.17. The van der Waals surface area contributed by atoms with Gasteiger partial charge in [0.15, 0.2) is 17.0 Å². The maximum Gasteiger partial charge on any atom is 0.306 e. The van der Waals surface area contributed by atoms with E-state index >= 15 is 0 Å². The minimum absolute atomic E-state index is 0.338. The van der Waals surface area contributed by atoms with Crippen molar-refractivity contribution in [2.24, 2.45) is 0 Å². The van der Waals surface area contributed by atoms with Crippen molar-refractivity contribution in [1.82, 2.24) is 0 Å². The second kappa shape index (κ2) is 7.24. The molecule has 72 valence electrons. The van der Waals surface area contributed by atoms with Gasteiger partial charge in [0, 0.05) is 6.42 Å². The number of hydrogen-bond acceptors (Lipinski definition) is 3. The van der Waals surface area contributed by atoms with Gasteiger partial charge in [0.25, 0.3) is 0 Å². The molecule has 1 atom stereocenters. The van der Waals surface area contributed by atoms with Crippen LogP contribution in [0.5, 0.6) is 0 Å². The number of hydrogen-bond donors (Lipinski definition) is 1. The summed E-state index contributed by atoms with van der Waals surface area (Å²) >= 11 is -2.04. The second-order valence-electron chi connectivity index (χ2n) is 2.41. The van der Waals surface area contributed by atoms with Crippen LogP contribution in [-0.4, -0.2) is 20.7 Å². The summed E-state index contributed by atoms with van der Waals surface area (Å²) in [4.78, 5) is 10.8. The molecule has 0 aliphatic carbocycles. The van der Waals surface area contributed by atoms with E-state index in [-0.39, 0.29) is 0 Å². The maximum atomic E-state index is 10.8. The Labute approximate surface area is 74.6 Å². The number of ether oxygens (including phenoxy) is 1. The van der Waals surface area contributed by atoms with Crippen LogP contribution in [0.2, 0.25) is 0 Å². The lowest BCUT2D eigenvalue weighted by molar-refractivity contribution is -0.141. The highest BCUT2D eigenvalue weighted by atomic mass is 32.2. The van der Waals surface area contributed by atoms with E-state index in [0.29, 0.717) is 6.42 Å². The molecule has 0 saturated heterocycles. The molecule has 1 N–H and O–H groups in total. The maximum absolute atomic E-state index is 10.8. The Morgan fingerprint density at radius 1 is 1.50 bits per heavy atom. The van der Waals surface area contributed by atoms with Crippen molar-refractivity contribution < 1.29 is 18.3 Å². The smallest absolute Gasteiger partial charge is 0.306 e. The van der Waals surface area contributed by atoms with Crippen molar-refractivity contribution in [3.8, 4) is 0 Å². The predicted molar refractivity (Wildman–Crippen MR) is 45.9 cm³/mol. The molecule has 12 heavy (non-hydrogen) atoms.